The normalized spacial score (nSPS) is 22.3. The van der Waals surface area contributed by atoms with Crippen LogP contribution in [-0.2, 0) is 14.8 Å². The molecule has 3 rings (SSSR count). The van der Waals surface area contributed by atoms with Crippen molar-refractivity contribution in [2.24, 2.45) is 5.92 Å². The first-order chi connectivity index (χ1) is 12.4. The third kappa shape index (κ3) is 4.04. The number of ether oxygens (including phenoxy) is 1. The Kier molecular flexibility index (Phi) is 5.87. The Morgan fingerprint density at radius 1 is 1.19 bits per heavy atom. The van der Waals surface area contributed by atoms with Crippen molar-refractivity contribution in [2.75, 3.05) is 20.2 Å². The summed E-state index contributed by atoms with van der Waals surface area (Å²) in [6.45, 7) is 2.54. The standard InChI is InChI=1S/C19H28N2O4S/c1-14-12-17(9-10-18(14)25-2)26(23,24)21-11-5-6-15(13-21)19(22)20-16-7-3-4-8-16/h9-10,12,15-16H,3-8,11,13H2,1-2H3,(H,20,22)/t15-/m0/s1. The number of carbonyl (C=O) groups excluding carboxylic acids is 1. The van der Waals surface area contributed by atoms with Gasteiger partial charge in [0.15, 0.2) is 0 Å². The maximum absolute atomic E-state index is 13.0. The van der Waals surface area contributed by atoms with Crippen LogP contribution in [0.2, 0.25) is 0 Å². The van der Waals surface area contributed by atoms with Gasteiger partial charge in [-0.25, -0.2) is 8.42 Å². The third-order valence-corrected chi connectivity index (χ3v) is 7.32. The third-order valence-electron chi connectivity index (χ3n) is 5.46. The highest BCUT2D eigenvalue weighted by atomic mass is 32.2. The van der Waals surface area contributed by atoms with Gasteiger partial charge < -0.3 is 10.1 Å². The first-order valence-corrected chi connectivity index (χ1v) is 10.8. The molecule has 0 aromatic heterocycles. The van der Waals surface area contributed by atoms with E-state index in [0.717, 1.165) is 37.7 Å². The van der Waals surface area contributed by atoms with E-state index in [0.29, 0.717) is 18.7 Å². The number of nitrogens with one attached hydrogen (secondary N) is 1. The molecule has 2 fully saturated rings. The van der Waals surface area contributed by atoms with Crippen molar-refractivity contribution >= 4 is 15.9 Å². The van der Waals surface area contributed by atoms with Crippen LogP contribution in [0, 0.1) is 12.8 Å². The second-order valence-corrected chi connectivity index (χ2v) is 9.26. The van der Waals surface area contributed by atoms with E-state index in [4.69, 9.17) is 4.74 Å². The van der Waals surface area contributed by atoms with Gasteiger partial charge in [-0.05, 0) is 56.4 Å². The van der Waals surface area contributed by atoms with Gasteiger partial charge in [-0.15, -0.1) is 0 Å². The van der Waals surface area contributed by atoms with Crippen LogP contribution in [0.15, 0.2) is 23.1 Å². The van der Waals surface area contributed by atoms with Crippen LogP contribution in [0.5, 0.6) is 5.75 Å². The molecule has 1 saturated heterocycles. The highest BCUT2D eigenvalue weighted by Crippen LogP contribution is 2.27. The summed E-state index contributed by atoms with van der Waals surface area (Å²) < 4.78 is 32.7. The lowest BCUT2D eigenvalue weighted by Gasteiger charge is -2.32. The van der Waals surface area contributed by atoms with E-state index in [9.17, 15) is 13.2 Å². The van der Waals surface area contributed by atoms with Crippen molar-refractivity contribution in [1.82, 2.24) is 9.62 Å². The fraction of sp³-hybridized carbons (Fsp3) is 0.632. The summed E-state index contributed by atoms with van der Waals surface area (Å²) >= 11 is 0. The highest BCUT2D eigenvalue weighted by Gasteiger charge is 2.34. The van der Waals surface area contributed by atoms with Crippen LogP contribution in [0.4, 0.5) is 0 Å². The minimum Gasteiger partial charge on any atom is -0.496 e. The summed E-state index contributed by atoms with van der Waals surface area (Å²) in [6, 6.07) is 5.15. The zero-order valence-corrected chi connectivity index (χ0v) is 16.3. The van der Waals surface area contributed by atoms with Crippen LogP contribution < -0.4 is 10.1 Å². The predicted molar refractivity (Wildman–Crippen MR) is 99.6 cm³/mol. The van der Waals surface area contributed by atoms with E-state index in [1.807, 2.05) is 6.92 Å². The average molecular weight is 381 g/mol. The van der Waals surface area contributed by atoms with Gasteiger partial charge in [0.1, 0.15) is 5.75 Å². The number of amides is 1. The molecule has 6 nitrogen and oxygen atoms in total. The van der Waals surface area contributed by atoms with Crippen LogP contribution >= 0.6 is 0 Å². The molecular weight excluding hydrogens is 352 g/mol. The molecule has 1 saturated carbocycles. The van der Waals surface area contributed by atoms with Crippen LogP contribution in [0.25, 0.3) is 0 Å². The molecule has 1 atom stereocenters. The van der Waals surface area contributed by atoms with E-state index in [2.05, 4.69) is 5.32 Å². The molecule has 1 N–H and O–H groups in total. The first-order valence-electron chi connectivity index (χ1n) is 9.37. The van der Waals surface area contributed by atoms with E-state index < -0.39 is 10.0 Å². The number of sulfonamides is 1. The van der Waals surface area contributed by atoms with Crippen molar-refractivity contribution in [1.29, 1.82) is 0 Å². The number of hydrogen-bond donors (Lipinski definition) is 1. The van der Waals surface area contributed by atoms with E-state index in [1.54, 1.807) is 25.3 Å². The van der Waals surface area contributed by atoms with Gasteiger partial charge in [-0.3, -0.25) is 4.79 Å². The highest BCUT2D eigenvalue weighted by molar-refractivity contribution is 7.89. The molecule has 1 aliphatic carbocycles. The Labute approximate surface area is 156 Å². The van der Waals surface area contributed by atoms with E-state index in [1.165, 1.54) is 4.31 Å². The monoisotopic (exact) mass is 380 g/mol. The quantitative estimate of drug-likeness (QED) is 0.851. The van der Waals surface area contributed by atoms with Crippen molar-refractivity contribution in [3.8, 4) is 5.75 Å². The molecule has 1 aliphatic heterocycles. The molecular formula is C19H28N2O4S. The number of hydrogen-bond acceptors (Lipinski definition) is 4. The SMILES string of the molecule is COc1ccc(S(=O)(=O)N2CCC[C@H](C(=O)NC3CCCC3)C2)cc1C. The number of aryl methyl sites for hydroxylation is 1. The molecule has 1 heterocycles. The molecule has 2 aliphatic rings. The van der Waals surface area contributed by atoms with Crippen LogP contribution in [-0.4, -0.2) is 44.9 Å². The average Bonchev–Trinajstić information content (AvgIpc) is 3.14. The Morgan fingerprint density at radius 3 is 2.58 bits per heavy atom. The Hall–Kier alpha value is -1.60. The zero-order valence-electron chi connectivity index (χ0n) is 15.5. The summed E-state index contributed by atoms with van der Waals surface area (Å²) in [7, 11) is -2.04. The molecule has 0 radical (unpaired) electrons. The van der Waals surface area contributed by atoms with Crippen molar-refractivity contribution < 1.29 is 17.9 Å². The van der Waals surface area contributed by atoms with Gasteiger partial charge in [0.25, 0.3) is 0 Å². The molecule has 1 aromatic rings. The van der Waals surface area contributed by atoms with Crippen molar-refractivity contribution in [2.45, 2.75) is 56.4 Å². The van der Waals surface area contributed by atoms with Crippen molar-refractivity contribution in [3.63, 3.8) is 0 Å². The number of methoxy groups -OCH3 is 1. The van der Waals surface area contributed by atoms with Gasteiger partial charge in [0, 0.05) is 19.1 Å². The second-order valence-electron chi connectivity index (χ2n) is 7.32. The van der Waals surface area contributed by atoms with Crippen molar-refractivity contribution in [3.05, 3.63) is 23.8 Å². The number of piperidine rings is 1. The zero-order chi connectivity index (χ0) is 18.7. The minimum absolute atomic E-state index is 0.00251. The number of rotatable bonds is 5. The maximum Gasteiger partial charge on any atom is 0.243 e. The van der Waals surface area contributed by atoms with Gasteiger partial charge in [0.05, 0.1) is 17.9 Å². The topological polar surface area (TPSA) is 75.7 Å². The number of benzene rings is 1. The largest absolute Gasteiger partial charge is 0.496 e. The van der Waals surface area contributed by atoms with Crippen LogP contribution in [0.3, 0.4) is 0 Å². The summed E-state index contributed by atoms with van der Waals surface area (Å²) in [5, 5.41) is 3.11. The lowest BCUT2D eigenvalue weighted by atomic mass is 9.98. The summed E-state index contributed by atoms with van der Waals surface area (Å²) in [4.78, 5) is 12.8. The summed E-state index contributed by atoms with van der Waals surface area (Å²) in [6.07, 6.45) is 5.83. The smallest absolute Gasteiger partial charge is 0.243 e. The van der Waals surface area contributed by atoms with Gasteiger partial charge in [-0.1, -0.05) is 12.8 Å². The molecule has 0 unspecified atom stereocenters. The molecule has 144 valence electrons. The lowest BCUT2D eigenvalue weighted by Crippen LogP contribution is -2.47. The molecule has 1 amide bonds. The van der Waals surface area contributed by atoms with E-state index in [-0.39, 0.29) is 29.3 Å². The Bertz CT molecular complexity index is 757. The van der Waals surface area contributed by atoms with Gasteiger partial charge >= 0.3 is 0 Å². The Balaban J connectivity index is 1.71. The second kappa shape index (κ2) is 7.96. The Morgan fingerprint density at radius 2 is 1.92 bits per heavy atom. The van der Waals surface area contributed by atoms with Gasteiger partial charge in [-0.2, -0.15) is 4.31 Å². The number of nitrogens with zero attached hydrogens (tertiary/aromatic N) is 1. The number of carbonyl (C=O) groups is 1. The van der Waals surface area contributed by atoms with Crippen LogP contribution in [0.1, 0.15) is 44.1 Å². The summed E-state index contributed by atoms with van der Waals surface area (Å²) in [5.41, 5.74) is 0.779. The lowest BCUT2D eigenvalue weighted by molar-refractivity contribution is -0.126. The fourth-order valence-corrected chi connectivity index (χ4v) is 5.53. The first kappa shape index (κ1) is 19.2. The molecule has 26 heavy (non-hydrogen) atoms. The molecule has 0 spiro atoms. The molecule has 1 aromatic carbocycles. The molecule has 7 heteroatoms. The molecule has 0 bridgehead atoms. The van der Waals surface area contributed by atoms with E-state index >= 15 is 0 Å². The predicted octanol–water partition coefficient (Wildman–Crippen LogP) is 2.46. The summed E-state index contributed by atoms with van der Waals surface area (Å²) in [5.74, 6) is 0.401. The minimum atomic E-state index is -3.61. The van der Waals surface area contributed by atoms with Gasteiger partial charge in [0.2, 0.25) is 15.9 Å². The maximum atomic E-state index is 13.0. The fourth-order valence-electron chi connectivity index (χ4n) is 3.92.